The van der Waals surface area contributed by atoms with Crippen LogP contribution in [0.3, 0.4) is 0 Å². The molecule has 1 aromatic carbocycles. The molecule has 1 aliphatic carbocycles. The first-order valence-electron chi connectivity index (χ1n) is 7.84. The highest BCUT2D eigenvalue weighted by Gasteiger charge is 2.41. The van der Waals surface area contributed by atoms with Gasteiger partial charge >= 0.3 is 6.18 Å². The van der Waals surface area contributed by atoms with Gasteiger partial charge in [0.2, 0.25) is 5.91 Å². The van der Waals surface area contributed by atoms with Gasteiger partial charge in [-0.1, -0.05) is 19.1 Å². The third-order valence-corrected chi connectivity index (χ3v) is 4.63. The van der Waals surface area contributed by atoms with Crippen molar-refractivity contribution in [3.8, 4) is 0 Å². The summed E-state index contributed by atoms with van der Waals surface area (Å²) in [4.78, 5) is 12.2. The second-order valence-electron chi connectivity index (χ2n) is 6.67. The predicted octanol–water partition coefficient (Wildman–Crippen LogP) is 3.44. The van der Waals surface area contributed by atoms with Gasteiger partial charge in [0, 0.05) is 13.0 Å². The molecule has 2 rings (SSSR count). The number of nitrogens with one attached hydrogen (secondary N) is 1. The molecule has 2 unspecified atom stereocenters. The van der Waals surface area contributed by atoms with E-state index in [1.165, 1.54) is 12.1 Å². The van der Waals surface area contributed by atoms with E-state index in [4.69, 9.17) is 5.73 Å². The third-order valence-electron chi connectivity index (χ3n) is 4.63. The van der Waals surface area contributed by atoms with E-state index >= 15 is 0 Å². The molecule has 128 valence electrons. The fourth-order valence-corrected chi connectivity index (χ4v) is 2.81. The zero-order valence-corrected chi connectivity index (χ0v) is 13.4. The van der Waals surface area contributed by atoms with Crippen molar-refractivity contribution in [3.63, 3.8) is 0 Å². The van der Waals surface area contributed by atoms with Gasteiger partial charge in [-0.2, -0.15) is 13.2 Å². The Morgan fingerprint density at radius 1 is 1.30 bits per heavy atom. The van der Waals surface area contributed by atoms with Gasteiger partial charge in [0.1, 0.15) is 0 Å². The molecule has 1 aliphatic rings. The molecule has 0 radical (unpaired) electrons. The topological polar surface area (TPSA) is 55.1 Å². The van der Waals surface area contributed by atoms with Crippen LogP contribution in [0.5, 0.6) is 0 Å². The van der Waals surface area contributed by atoms with E-state index in [0.717, 1.165) is 25.0 Å². The van der Waals surface area contributed by atoms with Crippen LogP contribution in [0.15, 0.2) is 24.3 Å². The van der Waals surface area contributed by atoms with E-state index in [1.807, 2.05) is 13.8 Å². The monoisotopic (exact) mass is 328 g/mol. The molecule has 1 amide bonds. The number of carbonyl (C=O) groups excluding carboxylic acids is 1. The van der Waals surface area contributed by atoms with Crippen LogP contribution in [0.4, 0.5) is 13.2 Å². The van der Waals surface area contributed by atoms with E-state index in [2.05, 4.69) is 5.32 Å². The van der Waals surface area contributed by atoms with Gasteiger partial charge in [-0.25, -0.2) is 0 Å². The summed E-state index contributed by atoms with van der Waals surface area (Å²) in [6.07, 6.45) is -1.97. The molecule has 0 spiro atoms. The van der Waals surface area contributed by atoms with Gasteiger partial charge in [0.25, 0.3) is 0 Å². The molecule has 0 aromatic heterocycles. The smallest absolute Gasteiger partial charge is 0.349 e. The van der Waals surface area contributed by atoms with Crippen molar-refractivity contribution < 1.29 is 18.0 Å². The van der Waals surface area contributed by atoms with Gasteiger partial charge in [-0.3, -0.25) is 4.79 Å². The average molecular weight is 328 g/mol. The summed E-state index contributed by atoms with van der Waals surface area (Å²) < 4.78 is 37.7. The Morgan fingerprint density at radius 2 is 1.87 bits per heavy atom. The molecule has 3 nitrogen and oxygen atoms in total. The molecule has 0 bridgehead atoms. The molecule has 2 atom stereocenters. The van der Waals surface area contributed by atoms with Gasteiger partial charge in [-0.05, 0) is 49.3 Å². The van der Waals surface area contributed by atoms with Crippen LogP contribution in [-0.4, -0.2) is 18.0 Å². The standard InChI is InChI=1S/C17H23F3N2O/c1-11(12-3-5-14(6-4-12)17(18,19)20)9-15(23)22-16(2,10-21)13-7-8-13/h3-6,11,13H,7-10,21H2,1-2H3,(H,22,23). The van der Waals surface area contributed by atoms with Gasteiger partial charge in [0.15, 0.2) is 0 Å². The highest BCUT2D eigenvalue weighted by Crippen LogP contribution is 2.39. The fourth-order valence-electron chi connectivity index (χ4n) is 2.81. The molecule has 1 aromatic rings. The fraction of sp³-hybridized carbons (Fsp3) is 0.588. The highest BCUT2D eigenvalue weighted by atomic mass is 19.4. The predicted molar refractivity (Wildman–Crippen MR) is 82.8 cm³/mol. The minimum absolute atomic E-state index is 0.114. The lowest BCUT2D eigenvalue weighted by atomic mass is 9.93. The maximum atomic E-state index is 12.6. The van der Waals surface area contributed by atoms with Crippen LogP contribution in [0.25, 0.3) is 0 Å². The van der Waals surface area contributed by atoms with Crippen LogP contribution in [0.2, 0.25) is 0 Å². The number of nitrogens with two attached hydrogens (primary N) is 1. The summed E-state index contributed by atoms with van der Waals surface area (Å²) in [6, 6.07) is 4.98. The highest BCUT2D eigenvalue weighted by molar-refractivity contribution is 5.77. The normalized spacial score (nSPS) is 19.0. The Balaban J connectivity index is 1.95. The summed E-state index contributed by atoms with van der Waals surface area (Å²) in [7, 11) is 0. The van der Waals surface area contributed by atoms with Crippen molar-refractivity contribution in [2.75, 3.05) is 6.54 Å². The maximum absolute atomic E-state index is 12.6. The Hall–Kier alpha value is -1.56. The van der Waals surface area contributed by atoms with Crippen LogP contribution in [0.1, 0.15) is 50.2 Å². The molecule has 1 saturated carbocycles. The van der Waals surface area contributed by atoms with E-state index in [-0.39, 0.29) is 23.8 Å². The maximum Gasteiger partial charge on any atom is 0.416 e. The summed E-state index contributed by atoms with van der Waals surface area (Å²) in [5, 5.41) is 3.00. The minimum atomic E-state index is -4.34. The van der Waals surface area contributed by atoms with E-state index in [0.29, 0.717) is 18.0 Å². The number of benzene rings is 1. The summed E-state index contributed by atoms with van der Waals surface area (Å²) in [5.41, 5.74) is 5.43. The number of hydrogen-bond donors (Lipinski definition) is 2. The second-order valence-corrected chi connectivity index (χ2v) is 6.67. The zero-order valence-electron chi connectivity index (χ0n) is 13.4. The lowest BCUT2D eigenvalue weighted by Crippen LogP contribution is -2.53. The molecule has 0 heterocycles. The number of rotatable bonds is 6. The molecule has 0 aliphatic heterocycles. The lowest BCUT2D eigenvalue weighted by Gasteiger charge is -2.30. The van der Waals surface area contributed by atoms with Crippen molar-refractivity contribution in [2.24, 2.45) is 11.7 Å². The number of halogens is 3. The summed E-state index contributed by atoms with van der Waals surface area (Å²) in [6.45, 7) is 4.17. The number of carbonyl (C=O) groups is 1. The summed E-state index contributed by atoms with van der Waals surface area (Å²) in [5.74, 6) is 0.161. The van der Waals surface area contributed by atoms with Crippen molar-refractivity contribution in [1.29, 1.82) is 0 Å². The van der Waals surface area contributed by atoms with E-state index < -0.39 is 11.7 Å². The largest absolute Gasteiger partial charge is 0.416 e. The first kappa shape index (κ1) is 17.8. The third kappa shape index (κ3) is 4.47. The van der Waals surface area contributed by atoms with Gasteiger partial charge in [-0.15, -0.1) is 0 Å². The van der Waals surface area contributed by atoms with Crippen LogP contribution < -0.4 is 11.1 Å². The average Bonchev–Trinajstić information content (AvgIpc) is 3.31. The van der Waals surface area contributed by atoms with Crippen molar-refractivity contribution in [2.45, 2.75) is 50.7 Å². The Bertz CT molecular complexity index is 552. The Labute approximate surface area is 134 Å². The minimum Gasteiger partial charge on any atom is -0.349 e. The van der Waals surface area contributed by atoms with Crippen molar-refractivity contribution in [1.82, 2.24) is 5.32 Å². The van der Waals surface area contributed by atoms with Crippen LogP contribution >= 0.6 is 0 Å². The summed E-state index contributed by atoms with van der Waals surface area (Å²) >= 11 is 0. The Morgan fingerprint density at radius 3 is 2.30 bits per heavy atom. The quantitative estimate of drug-likeness (QED) is 0.840. The SMILES string of the molecule is CC(CC(=O)NC(C)(CN)C1CC1)c1ccc(C(F)(F)F)cc1. The molecular weight excluding hydrogens is 305 g/mol. The molecule has 0 saturated heterocycles. The van der Waals surface area contributed by atoms with Crippen molar-refractivity contribution >= 4 is 5.91 Å². The van der Waals surface area contributed by atoms with Crippen LogP contribution in [-0.2, 0) is 11.0 Å². The second kappa shape index (κ2) is 6.51. The first-order valence-corrected chi connectivity index (χ1v) is 7.84. The molecular formula is C17H23F3N2O. The van der Waals surface area contributed by atoms with E-state index in [9.17, 15) is 18.0 Å². The van der Waals surface area contributed by atoms with Crippen molar-refractivity contribution in [3.05, 3.63) is 35.4 Å². The van der Waals surface area contributed by atoms with E-state index in [1.54, 1.807) is 0 Å². The lowest BCUT2D eigenvalue weighted by molar-refractivity contribution is -0.137. The molecule has 23 heavy (non-hydrogen) atoms. The number of hydrogen-bond acceptors (Lipinski definition) is 2. The molecule has 1 fully saturated rings. The molecule has 3 N–H and O–H groups in total. The number of amides is 1. The molecule has 6 heteroatoms. The zero-order chi connectivity index (χ0) is 17.3. The van der Waals surface area contributed by atoms with Gasteiger partial charge in [0.05, 0.1) is 11.1 Å². The first-order chi connectivity index (χ1) is 10.7. The number of alkyl halides is 3. The Kier molecular flexibility index (Phi) is 5.04. The van der Waals surface area contributed by atoms with Crippen LogP contribution in [0, 0.1) is 5.92 Å². The van der Waals surface area contributed by atoms with Gasteiger partial charge < -0.3 is 11.1 Å².